The van der Waals surface area contributed by atoms with Crippen LogP contribution in [0.25, 0.3) is 11.1 Å². The van der Waals surface area contributed by atoms with Crippen molar-refractivity contribution in [3.05, 3.63) is 143 Å². The summed E-state index contributed by atoms with van der Waals surface area (Å²) in [6.07, 6.45) is -0.0226. The number of ether oxygens (including phenoxy) is 1. The maximum absolute atomic E-state index is 13.4. The number of rotatable bonds is 11. The van der Waals surface area contributed by atoms with Crippen LogP contribution in [-0.4, -0.2) is 31.4 Å². The van der Waals surface area contributed by atoms with Crippen molar-refractivity contribution in [1.29, 1.82) is 0 Å². The third-order valence-electron chi connectivity index (χ3n) is 7.67. The Hall–Kier alpha value is -5.12. The number of carboxylic acids is 1. The molecule has 8 nitrogen and oxygen atoms in total. The van der Waals surface area contributed by atoms with E-state index in [2.05, 4.69) is 10.0 Å². The average molecular weight is 683 g/mol. The third kappa shape index (κ3) is 8.42. The van der Waals surface area contributed by atoms with Crippen molar-refractivity contribution in [3.8, 4) is 22.6 Å². The molecule has 0 radical (unpaired) electrons. The zero-order valence-electron chi connectivity index (χ0n) is 26.6. The molecule has 5 aromatic rings. The highest BCUT2D eigenvalue weighted by atomic mass is 35.5. The highest BCUT2D eigenvalue weighted by Crippen LogP contribution is 2.33. The molecular formula is C38H35ClN2O6S. The van der Waals surface area contributed by atoms with E-state index < -0.39 is 27.9 Å². The molecule has 1 amide bonds. The van der Waals surface area contributed by atoms with Gasteiger partial charge in [-0.3, -0.25) is 9.52 Å². The van der Waals surface area contributed by atoms with Crippen LogP contribution in [0.4, 0.5) is 5.69 Å². The Morgan fingerprint density at radius 3 is 2.12 bits per heavy atom. The molecule has 0 aliphatic rings. The monoisotopic (exact) mass is 682 g/mol. The van der Waals surface area contributed by atoms with Crippen molar-refractivity contribution in [3.63, 3.8) is 0 Å². The number of hydrogen-bond donors (Lipinski definition) is 3. The maximum Gasteiger partial charge on any atom is 0.326 e. The molecule has 5 rings (SSSR count). The van der Waals surface area contributed by atoms with Crippen LogP contribution in [0, 0.1) is 0 Å². The Labute approximate surface area is 285 Å². The van der Waals surface area contributed by atoms with E-state index in [4.69, 9.17) is 16.3 Å². The molecule has 48 heavy (non-hydrogen) atoms. The van der Waals surface area contributed by atoms with Gasteiger partial charge in [-0.2, -0.15) is 0 Å². The predicted molar refractivity (Wildman–Crippen MR) is 188 cm³/mol. The van der Waals surface area contributed by atoms with Gasteiger partial charge in [-0.1, -0.05) is 105 Å². The topological polar surface area (TPSA) is 122 Å². The normalized spacial score (nSPS) is 12.2. The van der Waals surface area contributed by atoms with Gasteiger partial charge in [0.1, 0.15) is 17.5 Å². The summed E-state index contributed by atoms with van der Waals surface area (Å²) in [5.74, 6) is -0.680. The zero-order chi connectivity index (χ0) is 34.5. The standard InChI is InChI=1S/C38H35ClN2O6S/c1-38(2,3)27-17-20-30(21-18-27)48(45,46)41-33-22-19-28(39)24-32(33)36(42)40-34(37(43)44)23-25-13-15-26(16-14-25)31-11-7-8-12-35(31)47-29-9-5-4-6-10-29/h4-22,24,34,41H,23H2,1-3H3,(H,40,42)(H,43,44)/t34-/m0/s1. The van der Waals surface area contributed by atoms with Gasteiger partial charge in [0.15, 0.2) is 0 Å². The number of para-hydroxylation sites is 2. The van der Waals surface area contributed by atoms with Gasteiger partial charge in [0.25, 0.3) is 15.9 Å². The van der Waals surface area contributed by atoms with Crippen molar-refractivity contribution >= 4 is 39.2 Å². The van der Waals surface area contributed by atoms with E-state index in [-0.39, 0.29) is 33.0 Å². The smallest absolute Gasteiger partial charge is 0.326 e. The van der Waals surface area contributed by atoms with Crippen molar-refractivity contribution in [1.82, 2.24) is 5.32 Å². The molecule has 10 heteroatoms. The minimum atomic E-state index is -4.08. The number of carboxylic acid groups (broad SMARTS) is 1. The van der Waals surface area contributed by atoms with E-state index in [1.165, 1.54) is 30.3 Å². The number of anilines is 1. The van der Waals surface area contributed by atoms with Crippen LogP contribution in [-0.2, 0) is 26.7 Å². The lowest BCUT2D eigenvalue weighted by molar-refractivity contribution is -0.139. The molecule has 0 spiro atoms. The van der Waals surface area contributed by atoms with Gasteiger partial charge in [-0.15, -0.1) is 0 Å². The second-order valence-corrected chi connectivity index (χ2v) is 14.4. The third-order valence-corrected chi connectivity index (χ3v) is 9.28. The summed E-state index contributed by atoms with van der Waals surface area (Å²) in [7, 11) is -4.08. The molecule has 5 aromatic carbocycles. The summed E-state index contributed by atoms with van der Waals surface area (Å²) in [4.78, 5) is 25.7. The number of sulfonamides is 1. The van der Waals surface area contributed by atoms with Crippen molar-refractivity contribution in [2.24, 2.45) is 0 Å². The van der Waals surface area contributed by atoms with Crippen LogP contribution in [0.2, 0.25) is 5.02 Å². The quantitative estimate of drug-likeness (QED) is 0.129. The van der Waals surface area contributed by atoms with E-state index in [1.807, 2.05) is 87.5 Å². The van der Waals surface area contributed by atoms with E-state index in [0.29, 0.717) is 17.1 Å². The van der Waals surface area contributed by atoms with E-state index >= 15 is 0 Å². The number of aliphatic carboxylic acids is 1. The summed E-state index contributed by atoms with van der Waals surface area (Å²) in [5, 5.41) is 12.7. The Balaban J connectivity index is 1.32. The van der Waals surface area contributed by atoms with Crippen LogP contribution >= 0.6 is 11.6 Å². The molecule has 0 unspecified atom stereocenters. The molecule has 0 aliphatic carbocycles. The van der Waals surface area contributed by atoms with E-state index in [9.17, 15) is 23.1 Å². The first-order valence-corrected chi connectivity index (χ1v) is 17.0. The molecule has 0 saturated carbocycles. The van der Waals surface area contributed by atoms with Crippen molar-refractivity contribution < 1.29 is 27.9 Å². The Bertz CT molecular complexity index is 2030. The fourth-order valence-corrected chi connectivity index (χ4v) is 6.28. The maximum atomic E-state index is 13.4. The largest absolute Gasteiger partial charge is 0.480 e. The zero-order valence-corrected chi connectivity index (χ0v) is 28.2. The molecule has 1 atom stereocenters. The fourth-order valence-electron chi connectivity index (χ4n) is 5.03. The molecule has 0 heterocycles. The second-order valence-electron chi connectivity index (χ2n) is 12.2. The van der Waals surface area contributed by atoms with Crippen LogP contribution in [0.15, 0.2) is 126 Å². The number of carbonyl (C=O) groups is 2. The molecule has 0 fully saturated rings. The van der Waals surface area contributed by atoms with Gasteiger partial charge < -0.3 is 15.2 Å². The van der Waals surface area contributed by atoms with Gasteiger partial charge in [0.2, 0.25) is 0 Å². The lowest BCUT2D eigenvalue weighted by Crippen LogP contribution is -2.42. The molecule has 0 saturated heterocycles. The van der Waals surface area contributed by atoms with Crippen LogP contribution in [0.5, 0.6) is 11.5 Å². The first kappa shape index (κ1) is 34.2. The number of halogens is 1. The van der Waals surface area contributed by atoms with Crippen molar-refractivity contribution in [2.45, 2.75) is 43.5 Å². The Morgan fingerprint density at radius 2 is 1.48 bits per heavy atom. The summed E-state index contributed by atoms with van der Waals surface area (Å²) in [5.41, 5.74) is 3.03. The van der Waals surface area contributed by atoms with E-state index in [0.717, 1.165) is 16.7 Å². The first-order valence-electron chi connectivity index (χ1n) is 15.2. The van der Waals surface area contributed by atoms with E-state index in [1.54, 1.807) is 24.3 Å². The molecular weight excluding hydrogens is 648 g/mol. The summed E-state index contributed by atoms with van der Waals surface area (Å²) in [6, 6.07) is 33.6. The van der Waals surface area contributed by atoms with Crippen LogP contribution < -0.4 is 14.8 Å². The lowest BCUT2D eigenvalue weighted by atomic mass is 9.87. The van der Waals surface area contributed by atoms with Crippen molar-refractivity contribution in [2.75, 3.05) is 4.72 Å². The van der Waals surface area contributed by atoms with Gasteiger partial charge in [-0.05, 0) is 70.6 Å². The minimum Gasteiger partial charge on any atom is -0.480 e. The van der Waals surface area contributed by atoms with Gasteiger partial charge in [-0.25, -0.2) is 13.2 Å². The predicted octanol–water partition coefficient (Wildman–Crippen LogP) is 8.32. The Morgan fingerprint density at radius 1 is 0.833 bits per heavy atom. The second kappa shape index (κ2) is 14.3. The highest BCUT2D eigenvalue weighted by molar-refractivity contribution is 7.92. The number of hydrogen-bond acceptors (Lipinski definition) is 5. The molecule has 246 valence electrons. The summed E-state index contributed by atoms with van der Waals surface area (Å²) < 4.78 is 35.1. The van der Waals surface area contributed by atoms with Gasteiger partial charge >= 0.3 is 5.97 Å². The number of nitrogens with one attached hydrogen (secondary N) is 2. The summed E-state index contributed by atoms with van der Waals surface area (Å²) in [6.45, 7) is 6.07. The first-order chi connectivity index (χ1) is 22.8. The number of carbonyl (C=O) groups excluding carboxylic acids is 1. The van der Waals surface area contributed by atoms with Crippen LogP contribution in [0.3, 0.4) is 0 Å². The average Bonchev–Trinajstić information content (AvgIpc) is 3.06. The molecule has 3 N–H and O–H groups in total. The molecule has 0 aliphatic heterocycles. The van der Waals surface area contributed by atoms with Crippen LogP contribution in [0.1, 0.15) is 42.3 Å². The minimum absolute atomic E-state index is 0.0120. The SMILES string of the molecule is CC(C)(C)c1ccc(S(=O)(=O)Nc2ccc(Cl)cc2C(=O)N[C@@H](Cc2ccc(-c3ccccc3Oc3ccccc3)cc2)C(=O)O)cc1. The van der Waals surface area contributed by atoms with Gasteiger partial charge in [0, 0.05) is 17.0 Å². The lowest BCUT2D eigenvalue weighted by Gasteiger charge is -2.20. The Kier molecular flexibility index (Phi) is 10.2. The molecule has 0 aromatic heterocycles. The summed E-state index contributed by atoms with van der Waals surface area (Å²) >= 11 is 6.18. The number of benzene rings is 5. The highest BCUT2D eigenvalue weighted by Gasteiger charge is 2.25. The number of amides is 1. The fraction of sp³-hybridized carbons (Fsp3) is 0.158. The molecule has 0 bridgehead atoms. The van der Waals surface area contributed by atoms with Gasteiger partial charge in [0.05, 0.1) is 16.1 Å².